The Bertz CT molecular complexity index is 195. The normalized spacial score (nSPS) is 14.4. The third kappa shape index (κ3) is 5.17. The minimum Gasteiger partial charge on any atom is -0.493 e. The second-order valence-corrected chi connectivity index (χ2v) is 1.91. The van der Waals surface area contributed by atoms with Gasteiger partial charge in [-0.25, -0.2) is 4.99 Å². The van der Waals surface area contributed by atoms with Gasteiger partial charge in [-0.1, -0.05) is 0 Å². The van der Waals surface area contributed by atoms with Gasteiger partial charge < -0.3 is 15.9 Å². The monoisotopic (exact) mass is 156 g/mol. The lowest BCUT2D eigenvalue weighted by Gasteiger charge is -1.90. The van der Waals surface area contributed by atoms with Gasteiger partial charge in [0.2, 0.25) is 5.88 Å². The summed E-state index contributed by atoms with van der Waals surface area (Å²) in [6, 6.07) is 0. The molecule has 0 atom stereocenters. The summed E-state index contributed by atoms with van der Waals surface area (Å²) < 4.78 is 0. The van der Waals surface area contributed by atoms with Gasteiger partial charge in [-0.15, -0.1) is 0 Å². The Balaban J connectivity index is 4.11. The van der Waals surface area contributed by atoms with Crippen LogP contribution in [0.2, 0.25) is 0 Å². The molecule has 0 unspecified atom stereocenters. The van der Waals surface area contributed by atoms with Gasteiger partial charge in [0, 0.05) is 12.3 Å². The van der Waals surface area contributed by atoms with E-state index >= 15 is 0 Å². The van der Waals surface area contributed by atoms with Crippen LogP contribution in [-0.4, -0.2) is 23.0 Å². The molecule has 0 spiro atoms. The first-order valence-corrected chi connectivity index (χ1v) is 3.13. The molecule has 0 saturated heterocycles. The number of hydrogen-bond donors (Lipinski definition) is 3. The number of aliphatic hydroxyl groups is 2. The lowest BCUT2D eigenvalue weighted by atomic mass is 10.3. The van der Waals surface area contributed by atoms with Gasteiger partial charge in [0.25, 0.3) is 0 Å². The zero-order chi connectivity index (χ0) is 8.69. The summed E-state index contributed by atoms with van der Waals surface area (Å²) in [6.45, 7) is 1.54. The first-order chi connectivity index (χ1) is 5.20. The quantitative estimate of drug-likeness (QED) is 0.312. The Labute approximate surface area is 65.4 Å². The molecule has 0 heterocycles. The molecular formula is C7H12N2O2. The maximum Gasteiger partial charge on any atom is 0.210 e. The van der Waals surface area contributed by atoms with E-state index < -0.39 is 0 Å². The fourth-order valence-electron chi connectivity index (χ4n) is 0.423. The number of rotatable bonds is 3. The smallest absolute Gasteiger partial charge is 0.210 e. The van der Waals surface area contributed by atoms with Gasteiger partial charge in [0.1, 0.15) is 0 Å². The van der Waals surface area contributed by atoms with Crippen molar-refractivity contribution < 1.29 is 10.2 Å². The summed E-state index contributed by atoms with van der Waals surface area (Å²) in [6.07, 6.45) is 3.94. The van der Waals surface area contributed by atoms with Crippen LogP contribution in [0.4, 0.5) is 0 Å². The molecule has 0 aliphatic rings. The summed E-state index contributed by atoms with van der Waals surface area (Å²) in [5.41, 5.74) is 5.84. The second-order valence-electron chi connectivity index (χ2n) is 1.91. The number of aliphatic imine (C=N–C) groups is 1. The number of hydrogen-bond acceptors (Lipinski definition) is 4. The molecule has 4 N–H and O–H groups in total. The third-order valence-electron chi connectivity index (χ3n) is 0.925. The number of nitrogens with zero attached hydrogens (tertiary/aromatic N) is 1. The van der Waals surface area contributed by atoms with E-state index in [-0.39, 0.29) is 12.5 Å². The molecule has 4 nitrogen and oxygen atoms in total. The highest BCUT2D eigenvalue weighted by Gasteiger charge is 1.86. The van der Waals surface area contributed by atoms with Crippen molar-refractivity contribution in [3.05, 3.63) is 23.7 Å². The van der Waals surface area contributed by atoms with Crippen LogP contribution in [0.1, 0.15) is 6.92 Å². The van der Waals surface area contributed by atoms with Crippen molar-refractivity contribution in [2.75, 3.05) is 6.61 Å². The van der Waals surface area contributed by atoms with E-state index in [1.54, 1.807) is 6.92 Å². The summed E-state index contributed by atoms with van der Waals surface area (Å²) in [5.74, 6) is -0.168. The van der Waals surface area contributed by atoms with E-state index in [2.05, 4.69) is 4.99 Å². The van der Waals surface area contributed by atoms with Crippen molar-refractivity contribution in [1.29, 1.82) is 0 Å². The maximum atomic E-state index is 8.94. The van der Waals surface area contributed by atoms with Crippen LogP contribution in [0.15, 0.2) is 28.7 Å². The summed E-state index contributed by atoms with van der Waals surface area (Å²) in [4.78, 5) is 3.48. The van der Waals surface area contributed by atoms with Gasteiger partial charge in [0.05, 0.1) is 6.61 Å². The van der Waals surface area contributed by atoms with Crippen LogP contribution in [0.5, 0.6) is 0 Å². The van der Waals surface area contributed by atoms with Crippen LogP contribution in [0.25, 0.3) is 0 Å². The summed E-state index contributed by atoms with van der Waals surface area (Å²) in [7, 11) is 0. The van der Waals surface area contributed by atoms with Crippen molar-refractivity contribution in [2.24, 2.45) is 10.7 Å². The highest BCUT2D eigenvalue weighted by atomic mass is 16.3. The largest absolute Gasteiger partial charge is 0.493 e. The van der Waals surface area contributed by atoms with Crippen LogP contribution in [0.3, 0.4) is 0 Å². The van der Waals surface area contributed by atoms with Crippen LogP contribution < -0.4 is 5.73 Å². The van der Waals surface area contributed by atoms with E-state index in [1.807, 2.05) is 0 Å². The Morgan fingerprint density at radius 3 is 2.73 bits per heavy atom. The molecule has 0 aliphatic carbocycles. The number of nitrogens with two attached hydrogens (primary N) is 1. The molecule has 0 aliphatic heterocycles. The molecule has 0 bridgehead atoms. The zero-order valence-corrected chi connectivity index (χ0v) is 6.36. The predicted octanol–water partition coefficient (Wildman–Crippen LogP) is 0.311. The van der Waals surface area contributed by atoms with Crippen molar-refractivity contribution >= 4 is 6.21 Å². The Hall–Kier alpha value is -1.29. The molecule has 0 aromatic rings. The first-order valence-electron chi connectivity index (χ1n) is 3.13. The molecule has 0 aromatic carbocycles. The fourth-order valence-corrected chi connectivity index (χ4v) is 0.423. The van der Waals surface area contributed by atoms with E-state index in [1.165, 1.54) is 18.5 Å². The van der Waals surface area contributed by atoms with Crippen molar-refractivity contribution in [3.63, 3.8) is 0 Å². The molecule has 0 rings (SSSR count). The van der Waals surface area contributed by atoms with Gasteiger partial charge in [0.15, 0.2) is 0 Å². The number of aliphatic hydroxyl groups excluding tert-OH is 2. The first kappa shape index (κ1) is 9.71. The Kier molecular flexibility index (Phi) is 4.85. The second kappa shape index (κ2) is 5.49. The minimum atomic E-state index is -0.191. The molecule has 0 aromatic heterocycles. The molecular weight excluding hydrogens is 144 g/mol. The molecule has 0 saturated carbocycles. The average molecular weight is 156 g/mol. The molecule has 0 radical (unpaired) electrons. The van der Waals surface area contributed by atoms with Crippen LogP contribution in [-0.2, 0) is 0 Å². The van der Waals surface area contributed by atoms with Gasteiger partial charge >= 0.3 is 0 Å². The lowest BCUT2D eigenvalue weighted by Crippen LogP contribution is -1.86. The lowest BCUT2D eigenvalue weighted by molar-refractivity contribution is 0.358. The van der Waals surface area contributed by atoms with Crippen molar-refractivity contribution in [3.8, 4) is 0 Å². The summed E-state index contributed by atoms with van der Waals surface area (Å²) in [5, 5.41) is 17.2. The average Bonchev–Trinajstić information content (AvgIpc) is 2.00. The highest BCUT2D eigenvalue weighted by Crippen LogP contribution is 1.97. The number of allylic oxidation sites excluding steroid dienone is 2. The van der Waals surface area contributed by atoms with Gasteiger partial charge in [-0.2, -0.15) is 0 Å². The Morgan fingerprint density at radius 1 is 1.64 bits per heavy atom. The fraction of sp³-hybridized carbons (Fsp3) is 0.286. The standard InChI is InChI=1S/C7H12N2O2/c1-6(5-8)4-7(11)9-2-3-10/h2,4-5,10-11H,3,8H2,1H3/b6-5+,7-4+,9-2-. The molecule has 0 amide bonds. The van der Waals surface area contributed by atoms with E-state index in [4.69, 9.17) is 15.9 Å². The molecule has 4 heteroatoms. The van der Waals surface area contributed by atoms with E-state index in [9.17, 15) is 0 Å². The molecule has 62 valence electrons. The van der Waals surface area contributed by atoms with Crippen molar-refractivity contribution in [1.82, 2.24) is 0 Å². The molecule has 11 heavy (non-hydrogen) atoms. The van der Waals surface area contributed by atoms with Crippen molar-refractivity contribution in [2.45, 2.75) is 6.92 Å². The minimum absolute atomic E-state index is 0.168. The topological polar surface area (TPSA) is 78.8 Å². The maximum absolute atomic E-state index is 8.94. The SMILES string of the molecule is CC(=C\N)/C=C(O)\N=C/CO. The van der Waals surface area contributed by atoms with Gasteiger partial charge in [-0.05, 0) is 18.7 Å². The predicted molar refractivity (Wildman–Crippen MR) is 44.2 cm³/mol. The molecule has 0 fully saturated rings. The zero-order valence-electron chi connectivity index (χ0n) is 6.36. The highest BCUT2D eigenvalue weighted by molar-refractivity contribution is 5.59. The van der Waals surface area contributed by atoms with Crippen LogP contribution >= 0.6 is 0 Å². The summed E-state index contributed by atoms with van der Waals surface area (Å²) >= 11 is 0. The van der Waals surface area contributed by atoms with E-state index in [0.717, 1.165) is 0 Å². The third-order valence-corrected chi connectivity index (χ3v) is 0.925. The van der Waals surface area contributed by atoms with Gasteiger partial charge in [-0.3, -0.25) is 0 Å². The van der Waals surface area contributed by atoms with Crippen LogP contribution in [0, 0.1) is 0 Å². The Morgan fingerprint density at radius 2 is 2.27 bits per heavy atom. The van der Waals surface area contributed by atoms with E-state index in [0.29, 0.717) is 5.57 Å².